The Bertz CT molecular complexity index is 808. The number of nitrogens with zero attached hydrogens (tertiary/aromatic N) is 1. The summed E-state index contributed by atoms with van der Waals surface area (Å²) in [6.45, 7) is 0. The normalized spacial score (nSPS) is 12.2. The highest BCUT2D eigenvalue weighted by molar-refractivity contribution is 7.15. The van der Waals surface area contributed by atoms with Crippen LogP contribution in [0.15, 0.2) is 42.5 Å². The number of halogens is 1. The lowest BCUT2D eigenvalue weighted by atomic mass is 10.1. The largest absolute Gasteiger partial charge is 0.508 e. The van der Waals surface area contributed by atoms with Crippen molar-refractivity contribution in [2.24, 2.45) is 0 Å². The Morgan fingerprint density at radius 2 is 1.90 bits per heavy atom. The lowest BCUT2D eigenvalue weighted by molar-refractivity contribution is 0.475. The van der Waals surface area contributed by atoms with Gasteiger partial charge in [0.05, 0.1) is 5.69 Å². The second-order valence-corrected chi connectivity index (χ2v) is 6.34. The summed E-state index contributed by atoms with van der Waals surface area (Å²) >= 11 is 7.74. The van der Waals surface area contributed by atoms with Crippen LogP contribution < -0.4 is 0 Å². The van der Waals surface area contributed by atoms with Crippen molar-refractivity contribution >= 4 is 22.9 Å². The third-order valence-electron chi connectivity index (χ3n) is 3.49. The first-order valence-electron chi connectivity index (χ1n) is 6.28. The Hall–Kier alpha value is -1.84. The van der Waals surface area contributed by atoms with Crippen molar-refractivity contribution in [2.75, 3.05) is 0 Å². The minimum Gasteiger partial charge on any atom is -0.508 e. The van der Waals surface area contributed by atoms with E-state index in [2.05, 4.69) is 0 Å². The summed E-state index contributed by atoms with van der Waals surface area (Å²) in [6.07, 6.45) is 0.904. The number of fused-ring (bicyclic) bond motifs is 3. The van der Waals surface area contributed by atoms with Gasteiger partial charge in [-0.05, 0) is 42.0 Å². The summed E-state index contributed by atoms with van der Waals surface area (Å²) in [5.41, 5.74) is 4.55. The predicted molar refractivity (Wildman–Crippen MR) is 82.5 cm³/mol. The molecule has 4 rings (SSSR count). The van der Waals surface area contributed by atoms with Crippen LogP contribution in [-0.4, -0.2) is 10.1 Å². The Morgan fingerprint density at radius 3 is 2.70 bits per heavy atom. The summed E-state index contributed by atoms with van der Waals surface area (Å²) in [5.74, 6) is 0.276. The number of hydrogen-bond donors (Lipinski definition) is 1. The molecular formula is C16H10ClNOS. The predicted octanol–water partition coefficient (Wildman–Crippen LogP) is 4.74. The van der Waals surface area contributed by atoms with Crippen molar-refractivity contribution in [2.45, 2.75) is 6.42 Å². The number of thiazole rings is 1. The second kappa shape index (κ2) is 4.33. The summed E-state index contributed by atoms with van der Waals surface area (Å²) in [7, 11) is 0. The van der Waals surface area contributed by atoms with Crippen molar-refractivity contribution in [1.82, 2.24) is 4.98 Å². The monoisotopic (exact) mass is 299 g/mol. The van der Waals surface area contributed by atoms with E-state index in [1.165, 1.54) is 16.0 Å². The third-order valence-corrected chi connectivity index (χ3v) is 4.82. The van der Waals surface area contributed by atoms with Crippen LogP contribution in [0.2, 0.25) is 5.02 Å². The molecule has 1 aromatic heterocycles. The van der Waals surface area contributed by atoms with Crippen LogP contribution in [0.5, 0.6) is 5.75 Å². The number of benzene rings is 2. The molecule has 3 aromatic rings. The van der Waals surface area contributed by atoms with Gasteiger partial charge in [-0.2, -0.15) is 0 Å². The number of aromatic hydroxyl groups is 1. The van der Waals surface area contributed by atoms with Crippen LogP contribution in [0.25, 0.3) is 21.8 Å². The fourth-order valence-corrected chi connectivity index (χ4v) is 3.82. The molecule has 0 atom stereocenters. The van der Waals surface area contributed by atoms with Gasteiger partial charge in [-0.3, -0.25) is 0 Å². The van der Waals surface area contributed by atoms with E-state index in [-0.39, 0.29) is 5.75 Å². The minimum atomic E-state index is 0.276. The highest BCUT2D eigenvalue weighted by Crippen LogP contribution is 2.42. The van der Waals surface area contributed by atoms with Crippen LogP contribution >= 0.6 is 22.9 Å². The lowest BCUT2D eigenvalue weighted by Gasteiger charge is -2.00. The first kappa shape index (κ1) is 11.9. The maximum absolute atomic E-state index is 9.35. The Labute approximate surface area is 125 Å². The molecule has 1 N–H and O–H groups in total. The van der Waals surface area contributed by atoms with Crippen molar-refractivity contribution < 1.29 is 5.11 Å². The molecule has 0 bridgehead atoms. The zero-order valence-corrected chi connectivity index (χ0v) is 12.0. The molecule has 1 aliphatic rings. The molecule has 0 amide bonds. The molecule has 2 aromatic carbocycles. The number of aromatic nitrogens is 1. The van der Waals surface area contributed by atoms with E-state index in [0.29, 0.717) is 0 Å². The van der Waals surface area contributed by atoms with Crippen molar-refractivity contribution in [1.29, 1.82) is 0 Å². The molecule has 20 heavy (non-hydrogen) atoms. The maximum Gasteiger partial charge on any atom is 0.124 e. The average Bonchev–Trinajstić information content (AvgIpc) is 2.96. The lowest BCUT2D eigenvalue weighted by Crippen LogP contribution is -1.82. The van der Waals surface area contributed by atoms with Gasteiger partial charge in [0.15, 0.2) is 0 Å². The third kappa shape index (κ3) is 1.82. The van der Waals surface area contributed by atoms with E-state index in [9.17, 15) is 5.11 Å². The SMILES string of the molecule is Oc1ccc(-c2nc3c(s2)Cc2cc(Cl)ccc2-3)cc1. The van der Waals surface area contributed by atoms with Gasteiger partial charge in [0.25, 0.3) is 0 Å². The van der Waals surface area contributed by atoms with Gasteiger partial charge in [-0.15, -0.1) is 11.3 Å². The van der Waals surface area contributed by atoms with Crippen molar-refractivity contribution in [3.05, 3.63) is 57.9 Å². The first-order chi connectivity index (χ1) is 9.70. The molecule has 0 unspecified atom stereocenters. The summed E-state index contributed by atoms with van der Waals surface area (Å²) in [5, 5.41) is 11.1. The maximum atomic E-state index is 9.35. The molecule has 1 heterocycles. The summed E-state index contributed by atoms with van der Waals surface area (Å²) in [6, 6.07) is 13.1. The molecule has 0 fully saturated rings. The van der Waals surface area contributed by atoms with E-state index in [4.69, 9.17) is 16.6 Å². The van der Waals surface area contributed by atoms with Gasteiger partial charge < -0.3 is 5.11 Å². The number of phenols is 1. The van der Waals surface area contributed by atoms with Crippen LogP contribution in [0.1, 0.15) is 10.4 Å². The number of phenolic OH excluding ortho intramolecular Hbond substituents is 1. The fraction of sp³-hybridized carbons (Fsp3) is 0.0625. The minimum absolute atomic E-state index is 0.276. The second-order valence-electron chi connectivity index (χ2n) is 4.82. The highest BCUT2D eigenvalue weighted by atomic mass is 35.5. The summed E-state index contributed by atoms with van der Waals surface area (Å²) < 4.78 is 0. The molecule has 0 radical (unpaired) electrons. The van der Waals surface area contributed by atoms with E-state index < -0.39 is 0 Å². The molecule has 0 saturated heterocycles. The van der Waals surface area contributed by atoms with Crippen molar-refractivity contribution in [3.63, 3.8) is 0 Å². The van der Waals surface area contributed by atoms with Gasteiger partial charge in [-0.1, -0.05) is 17.7 Å². The van der Waals surface area contributed by atoms with Gasteiger partial charge in [0.1, 0.15) is 10.8 Å². The highest BCUT2D eigenvalue weighted by Gasteiger charge is 2.23. The molecule has 0 saturated carbocycles. The zero-order chi connectivity index (χ0) is 13.7. The van der Waals surface area contributed by atoms with E-state index in [1.807, 2.05) is 30.3 Å². The molecule has 98 valence electrons. The van der Waals surface area contributed by atoms with Gasteiger partial charge >= 0.3 is 0 Å². The molecule has 0 spiro atoms. The topological polar surface area (TPSA) is 33.1 Å². The van der Waals surface area contributed by atoms with Gasteiger partial charge in [0.2, 0.25) is 0 Å². The number of rotatable bonds is 1. The Kier molecular flexibility index (Phi) is 2.59. The van der Waals surface area contributed by atoms with Crippen LogP contribution in [-0.2, 0) is 6.42 Å². The van der Waals surface area contributed by atoms with Gasteiger partial charge in [0, 0.05) is 27.4 Å². The average molecular weight is 300 g/mol. The Balaban J connectivity index is 1.80. The smallest absolute Gasteiger partial charge is 0.124 e. The zero-order valence-electron chi connectivity index (χ0n) is 10.4. The quantitative estimate of drug-likeness (QED) is 0.550. The van der Waals surface area contributed by atoms with Gasteiger partial charge in [-0.25, -0.2) is 4.98 Å². The summed E-state index contributed by atoms with van der Waals surface area (Å²) in [4.78, 5) is 6.04. The van der Waals surface area contributed by atoms with E-state index in [1.54, 1.807) is 23.5 Å². The molecule has 0 aliphatic heterocycles. The standard InChI is InChI=1S/C16H10ClNOS/c17-11-3-6-13-10(7-11)8-14-15(13)18-16(20-14)9-1-4-12(19)5-2-9/h1-7,19H,8H2. The molecule has 4 heteroatoms. The van der Waals surface area contributed by atoms with E-state index in [0.717, 1.165) is 27.7 Å². The number of hydrogen-bond acceptors (Lipinski definition) is 3. The first-order valence-corrected chi connectivity index (χ1v) is 7.48. The van der Waals surface area contributed by atoms with Crippen molar-refractivity contribution in [3.8, 4) is 27.6 Å². The molecular weight excluding hydrogens is 290 g/mol. The fourth-order valence-electron chi connectivity index (χ4n) is 2.52. The Morgan fingerprint density at radius 1 is 1.10 bits per heavy atom. The van der Waals surface area contributed by atoms with Crippen LogP contribution in [0.3, 0.4) is 0 Å². The molecule has 1 aliphatic carbocycles. The van der Waals surface area contributed by atoms with Crippen LogP contribution in [0, 0.1) is 0 Å². The van der Waals surface area contributed by atoms with E-state index >= 15 is 0 Å². The molecule has 2 nitrogen and oxygen atoms in total. The van der Waals surface area contributed by atoms with Crippen LogP contribution in [0.4, 0.5) is 0 Å².